The lowest BCUT2D eigenvalue weighted by molar-refractivity contribution is 0.0974. The second kappa shape index (κ2) is 9.36. The van der Waals surface area contributed by atoms with Gasteiger partial charge in [-0.3, -0.25) is 10.1 Å². The molecule has 0 aliphatic carbocycles. The zero-order valence-corrected chi connectivity index (χ0v) is 20.9. The van der Waals surface area contributed by atoms with Crippen molar-refractivity contribution in [3.8, 4) is 16.3 Å². The molecule has 8 heteroatoms. The van der Waals surface area contributed by atoms with Crippen LogP contribution < -0.4 is 15.4 Å². The number of fused-ring (bicyclic) bond motifs is 1. The number of thiocarbonyl (C=S) groups is 1. The molecular formula is C24H20BrN3O2S2. The minimum atomic E-state index is -0.344. The van der Waals surface area contributed by atoms with Crippen LogP contribution in [0.15, 0.2) is 59.1 Å². The Kier molecular flexibility index (Phi) is 6.55. The highest BCUT2D eigenvalue weighted by molar-refractivity contribution is 9.10. The van der Waals surface area contributed by atoms with Gasteiger partial charge < -0.3 is 10.1 Å². The minimum absolute atomic E-state index is 0.208. The lowest BCUT2D eigenvalue weighted by Gasteiger charge is -2.15. The Hall–Kier alpha value is -2.81. The maximum Gasteiger partial charge on any atom is 0.261 e. The summed E-state index contributed by atoms with van der Waals surface area (Å²) in [5.41, 5.74) is 5.07. The van der Waals surface area contributed by atoms with E-state index in [0.29, 0.717) is 11.3 Å². The Balaban J connectivity index is 1.55. The number of carbonyl (C=O) groups is 1. The molecule has 0 saturated heterocycles. The van der Waals surface area contributed by atoms with E-state index in [1.165, 1.54) is 0 Å². The van der Waals surface area contributed by atoms with Crippen molar-refractivity contribution in [3.05, 3.63) is 75.8 Å². The number of halogens is 1. The van der Waals surface area contributed by atoms with Gasteiger partial charge in [0.1, 0.15) is 10.8 Å². The number of hydrogen-bond acceptors (Lipinski definition) is 5. The predicted molar refractivity (Wildman–Crippen MR) is 139 cm³/mol. The number of para-hydroxylation sites is 1. The van der Waals surface area contributed by atoms with E-state index >= 15 is 0 Å². The number of rotatable bonds is 4. The SMILES string of the molecule is COc1c(C)cc(Br)cc1C(=O)NC(=S)Nc1cccc(-c2nc3ccccc3s2)c1C. The highest BCUT2D eigenvalue weighted by atomic mass is 79.9. The van der Waals surface area contributed by atoms with Gasteiger partial charge in [-0.15, -0.1) is 11.3 Å². The van der Waals surface area contributed by atoms with E-state index in [4.69, 9.17) is 21.9 Å². The molecule has 4 rings (SSSR count). The van der Waals surface area contributed by atoms with Crippen molar-refractivity contribution < 1.29 is 9.53 Å². The third-order valence-corrected chi connectivity index (χ3v) is 6.75. The van der Waals surface area contributed by atoms with Crippen LogP contribution in [0.2, 0.25) is 0 Å². The van der Waals surface area contributed by atoms with Crippen molar-refractivity contribution in [2.75, 3.05) is 12.4 Å². The molecule has 0 aliphatic rings. The average Bonchev–Trinajstić information content (AvgIpc) is 3.18. The Morgan fingerprint density at radius 1 is 1.12 bits per heavy atom. The minimum Gasteiger partial charge on any atom is -0.496 e. The summed E-state index contributed by atoms with van der Waals surface area (Å²) in [7, 11) is 1.54. The first-order valence-corrected chi connectivity index (χ1v) is 11.8. The van der Waals surface area contributed by atoms with Crippen molar-refractivity contribution in [2.24, 2.45) is 0 Å². The van der Waals surface area contributed by atoms with Crippen LogP contribution in [0.5, 0.6) is 5.75 Å². The number of thiazole rings is 1. The molecule has 0 unspecified atom stereocenters. The van der Waals surface area contributed by atoms with E-state index in [0.717, 1.165) is 42.1 Å². The zero-order chi connectivity index (χ0) is 22.8. The lowest BCUT2D eigenvalue weighted by atomic mass is 10.1. The largest absolute Gasteiger partial charge is 0.496 e. The Labute approximate surface area is 204 Å². The van der Waals surface area contributed by atoms with Crippen LogP contribution in [0, 0.1) is 13.8 Å². The molecule has 1 aromatic heterocycles. The monoisotopic (exact) mass is 525 g/mol. The molecule has 0 radical (unpaired) electrons. The molecule has 1 amide bonds. The first-order chi connectivity index (χ1) is 15.4. The van der Waals surface area contributed by atoms with E-state index in [2.05, 4.69) is 32.6 Å². The fourth-order valence-corrected chi connectivity index (χ4v) is 5.31. The maximum atomic E-state index is 12.9. The Morgan fingerprint density at radius 3 is 2.66 bits per heavy atom. The third-order valence-electron chi connectivity index (χ3n) is 5.02. The van der Waals surface area contributed by atoms with Gasteiger partial charge >= 0.3 is 0 Å². The van der Waals surface area contributed by atoms with Gasteiger partial charge in [0.15, 0.2) is 5.11 Å². The standard InChI is InChI=1S/C24H20BrN3O2S2/c1-13-11-15(25)12-17(21(13)30-3)22(29)28-24(31)27-18-9-6-7-16(14(18)2)23-26-19-8-4-5-10-20(19)32-23/h4-12H,1-3H3,(H2,27,28,29,31). The number of benzene rings is 3. The molecular weight excluding hydrogens is 506 g/mol. The number of aromatic nitrogens is 1. The van der Waals surface area contributed by atoms with Gasteiger partial charge in [0.05, 0.1) is 22.9 Å². The Bertz CT molecular complexity index is 1320. The van der Waals surface area contributed by atoms with E-state index in [9.17, 15) is 4.79 Å². The van der Waals surface area contributed by atoms with Crippen LogP contribution in [0.4, 0.5) is 5.69 Å². The van der Waals surface area contributed by atoms with Gasteiger partial charge in [-0.25, -0.2) is 4.98 Å². The number of amides is 1. The number of anilines is 1. The second-order valence-electron chi connectivity index (χ2n) is 7.18. The summed E-state index contributed by atoms with van der Waals surface area (Å²) in [6, 6.07) is 17.6. The fraction of sp³-hybridized carbons (Fsp3) is 0.125. The normalized spacial score (nSPS) is 10.8. The van der Waals surface area contributed by atoms with Crippen molar-refractivity contribution in [3.63, 3.8) is 0 Å². The number of hydrogen-bond donors (Lipinski definition) is 2. The molecule has 2 N–H and O–H groups in total. The van der Waals surface area contributed by atoms with Gasteiger partial charge in [-0.05, 0) is 67.5 Å². The number of ether oxygens (including phenoxy) is 1. The van der Waals surface area contributed by atoms with Crippen LogP contribution in [0.25, 0.3) is 20.8 Å². The molecule has 0 aliphatic heterocycles. The Morgan fingerprint density at radius 2 is 1.91 bits per heavy atom. The molecule has 0 bridgehead atoms. The van der Waals surface area contributed by atoms with Gasteiger partial charge in [-0.1, -0.05) is 40.2 Å². The number of nitrogens with one attached hydrogen (secondary N) is 2. The summed E-state index contributed by atoms with van der Waals surface area (Å²) in [5, 5.41) is 7.04. The first kappa shape index (κ1) is 22.4. The molecule has 1 heterocycles. The quantitative estimate of drug-likeness (QED) is 0.298. The number of nitrogens with zero attached hydrogens (tertiary/aromatic N) is 1. The molecule has 3 aromatic carbocycles. The van der Waals surface area contributed by atoms with Crippen molar-refractivity contribution >= 4 is 66.4 Å². The van der Waals surface area contributed by atoms with Gasteiger partial charge in [0, 0.05) is 15.7 Å². The second-order valence-corrected chi connectivity index (χ2v) is 9.53. The molecule has 32 heavy (non-hydrogen) atoms. The van der Waals surface area contributed by atoms with E-state index in [1.54, 1.807) is 24.5 Å². The summed E-state index contributed by atoms with van der Waals surface area (Å²) in [4.78, 5) is 17.6. The van der Waals surface area contributed by atoms with Crippen molar-refractivity contribution in [1.82, 2.24) is 10.3 Å². The lowest BCUT2D eigenvalue weighted by Crippen LogP contribution is -2.34. The fourth-order valence-electron chi connectivity index (χ4n) is 3.48. The summed E-state index contributed by atoms with van der Waals surface area (Å²) < 4.78 is 7.34. The molecule has 162 valence electrons. The molecule has 4 aromatic rings. The first-order valence-electron chi connectivity index (χ1n) is 9.79. The average molecular weight is 526 g/mol. The summed E-state index contributed by atoms with van der Waals surface area (Å²) in [6.07, 6.45) is 0. The third kappa shape index (κ3) is 4.53. The maximum absolute atomic E-state index is 12.9. The highest BCUT2D eigenvalue weighted by Gasteiger charge is 2.18. The summed E-state index contributed by atoms with van der Waals surface area (Å²) in [6.45, 7) is 3.89. The van der Waals surface area contributed by atoms with Crippen LogP contribution >= 0.6 is 39.5 Å². The number of methoxy groups -OCH3 is 1. The van der Waals surface area contributed by atoms with Crippen LogP contribution in [-0.4, -0.2) is 23.1 Å². The van der Waals surface area contributed by atoms with E-state index < -0.39 is 0 Å². The smallest absolute Gasteiger partial charge is 0.261 e. The molecule has 0 spiro atoms. The number of aryl methyl sites for hydroxylation is 1. The molecule has 0 atom stereocenters. The van der Waals surface area contributed by atoms with Crippen LogP contribution in [-0.2, 0) is 0 Å². The van der Waals surface area contributed by atoms with Crippen LogP contribution in [0.3, 0.4) is 0 Å². The van der Waals surface area contributed by atoms with Gasteiger partial charge in [0.2, 0.25) is 0 Å². The molecule has 5 nitrogen and oxygen atoms in total. The van der Waals surface area contributed by atoms with Gasteiger partial charge in [-0.2, -0.15) is 0 Å². The number of carbonyl (C=O) groups excluding carboxylic acids is 1. The summed E-state index contributed by atoms with van der Waals surface area (Å²) in [5.74, 6) is 0.172. The topological polar surface area (TPSA) is 63.2 Å². The summed E-state index contributed by atoms with van der Waals surface area (Å²) >= 11 is 10.5. The van der Waals surface area contributed by atoms with Gasteiger partial charge in [0.25, 0.3) is 5.91 Å². The van der Waals surface area contributed by atoms with E-state index in [-0.39, 0.29) is 11.0 Å². The highest BCUT2D eigenvalue weighted by Crippen LogP contribution is 2.34. The van der Waals surface area contributed by atoms with Crippen molar-refractivity contribution in [1.29, 1.82) is 0 Å². The zero-order valence-electron chi connectivity index (χ0n) is 17.7. The van der Waals surface area contributed by atoms with E-state index in [1.807, 2.05) is 56.3 Å². The molecule has 0 saturated carbocycles. The van der Waals surface area contributed by atoms with Crippen molar-refractivity contribution in [2.45, 2.75) is 13.8 Å². The predicted octanol–water partition coefficient (Wildman–Crippen LogP) is 6.48. The molecule has 0 fully saturated rings. The van der Waals surface area contributed by atoms with Crippen LogP contribution in [0.1, 0.15) is 21.5 Å².